The van der Waals surface area contributed by atoms with Gasteiger partial charge in [-0.15, -0.1) is 0 Å². The topological polar surface area (TPSA) is 107 Å². The van der Waals surface area contributed by atoms with Gasteiger partial charge in [-0.1, -0.05) is 6.07 Å². The van der Waals surface area contributed by atoms with Gasteiger partial charge in [0.05, 0.1) is 6.54 Å². The first-order chi connectivity index (χ1) is 10.6. The fraction of sp³-hybridized carbons (Fsp3) is 0.267. The highest BCUT2D eigenvalue weighted by Crippen LogP contribution is 2.22. The normalized spacial score (nSPS) is 11.0. The van der Waals surface area contributed by atoms with Gasteiger partial charge in [-0.3, -0.25) is 9.89 Å². The van der Waals surface area contributed by atoms with E-state index >= 15 is 0 Å². The number of hydrogen-bond acceptors (Lipinski definition) is 4. The molecule has 0 saturated carbocycles. The third-order valence-electron chi connectivity index (χ3n) is 3.72. The summed E-state index contributed by atoms with van der Waals surface area (Å²) in [6, 6.07) is 5.85. The fourth-order valence-electron chi connectivity index (χ4n) is 2.32. The fourth-order valence-corrected chi connectivity index (χ4v) is 2.32. The number of aromatic amines is 2. The number of aromatic nitrogens is 4. The Bertz CT molecular complexity index is 834. The van der Waals surface area contributed by atoms with Crippen molar-refractivity contribution in [2.75, 3.05) is 0 Å². The number of nitrogens with zero attached hydrogens (tertiary/aromatic N) is 2. The lowest BCUT2D eigenvalue weighted by Crippen LogP contribution is -2.23. The largest absolute Gasteiger partial charge is 0.388 e. The molecule has 0 aliphatic heterocycles. The van der Waals surface area contributed by atoms with E-state index < -0.39 is 0 Å². The summed E-state index contributed by atoms with van der Waals surface area (Å²) in [5, 5.41) is 19.2. The predicted molar refractivity (Wildman–Crippen MR) is 81.2 cm³/mol. The molecule has 0 atom stereocenters. The molecule has 114 valence electrons. The number of aryl methyl sites for hydroxylation is 2. The number of hydrogen-bond donors (Lipinski definition) is 4. The van der Waals surface area contributed by atoms with Gasteiger partial charge in [-0.2, -0.15) is 5.10 Å². The highest BCUT2D eigenvalue weighted by molar-refractivity contribution is 5.99. The molecule has 0 aliphatic rings. The third-order valence-corrected chi connectivity index (χ3v) is 3.72. The molecule has 1 aromatic carbocycles. The van der Waals surface area contributed by atoms with Gasteiger partial charge in [-0.25, -0.2) is 4.98 Å². The molecule has 0 aliphatic carbocycles. The quantitative estimate of drug-likeness (QED) is 0.583. The van der Waals surface area contributed by atoms with Crippen molar-refractivity contribution >= 4 is 16.8 Å². The Morgan fingerprint density at radius 3 is 2.91 bits per heavy atom. The first-order valence-electron chi connectivity index (χ1n) is 6.96. The highest BCUT2D eigenvalue weighted by Gasteiger charge is 2.12. The minimum atomic E-state index is -0.231. The van der Waals surface area contributed by atoms with Crippen molar-refractivity contribution in [3.05, 3.63) is 46.7 Å². The third kappa shape index (κ3) is 2.58. The first-order valence-corrected chi connectivity index (χ1v) is 6.96. The monoisotopic (exact) mass is 299 g/mol. The summed E-state index contributed by atoms with van der Waals surface area (Å²) in [6.07, 6.45) is 0. The molecule has 22 heavy (non-hydrogen) atoms. The summed E-state index contributed by atoms with van der Waals surface area (Å²) >= 11 is 0. The summed E-state index contributed by atoms with van der Waals surface area (Å²) in [5.41, 5.74) is 3.80. The van der Waals surface area contributed by atoms with Crippen LogP contribution in [0.25, 0.3) is 10.9 Å². The van der Waals surface area contributed by atoms with E-state index in [2.05, 4.69) is 25.5 Å². The Morgan fingerprint density at radius 1 is 1.36 bits per heavy atom. The lowest BCUT2D eigenvalue weighted by Gasteiger charge is -2.00. The second kappa shape index (κ2) is 5.61. The second-order valence-electron chi connectivity index (χ2n) is 5.19. The molecule has 0 spiro atoms. The maximum atomic E-state index is 12.2. The number of aliphatic hydroxyl groups excluding tert-OH is 1. The molecule has 7 heteroatoms. The van der Waals surface area contributed by atoms with E-state index in [4.69, 9.17) is 5.11 Å². The van der Waals surface area contributed by atoms with Gasteiger partial charge < -0.3 is 15.4 Å². The van der Waals surface area contributed by atoms with E-state index in [1.807, 2.05) is 32.0 Å². The molecule has 0 fully saturated rings. The van der Waals surface area contributed by atoms with E-state index in [0.717, 1.165) is 16.5 Å². The molecule has 1 amide bonds. The Labute approximate surface area is 126 Å². The number of H-pyrrole nitrogens is 2. The van der Waals surface area contributed by atoms with E-state index in [1.165, 1.54) is 5.56 Å². The second-order valence-corrected chi connectivity index (χ2v) is 5.19. The van der Waals surface area contributed by atoms with Gasteiger partial charge in [0.2, 0.25) is 0 Å². The molecule has 0 radical (unpaired) electrons. The molecule has 2 heterocycles. The van der Waals surface area contributed by atoms with Crippen LogP contribution in [-0.2, 0) is 13.2 Å². The van der Waals surface area contributed by atoms with Crippen molar-refractivity contribution in [3.63, 3.8) is 0 Å². The van der Waals surface area contributed by atoms with Gasteiger partial charge in [0.15, 0.2) is 5.82 Å². The minimum absolute atomic E-state index is 0.213. The van der Waals surface area contributed by atoms with Gasteiger partial charge in [0.25, 0.3) is 5.91 Å². The maximum Gasteiger partial charge on any atom is 0.268 e. The summed E-state index contributed by atoms with van der Waals surface area (Å²) in [7, 11) is 0. The van der Waals surface area contributed by atoms with Crippen LogP contribution in [0.3, 0.4) is 0 Å². The van der Waals surface area contributed by atoms with Crippen LogP contribution in [-0.4, -0.2) is 31.2 Å². The zero-order valence-corrected chi connectivity index (χ0v) is 12.4. The van der Waals surface area contributed by atoms with E-state index in [0.29, 0.717) is 17.3 Å². The van der Waals surface area contributed by atoms with Crippen molar-refractivity contribution < 1.29 is 9.90 Å². The zero-order chi connectivity index (χ0) is 15.7. The summed E-state index contributed by atoms with van der Waals surface area (Å²) in [4.78, 5) is 19.3. The number of nitrogens with one attached hydrogen (secondary N) is 3. The first kappa shape index (κ1) is 14.3. The van der Waals surface area contributed by atoms with Crippen LogP contribution in [0.4, 0.5) is 0 Å². The van der Waals surface area contributed by atoms with E-state index in [1.54, 1.807) is 0 Å². The molecule has 0 unspecified atom stereocenters. The van der Waals surface area contributed by atoms with Crippen molar-refractivity contribution in [1.29, 1.82) is 0 Å². The molecule has 4 N–H and O–H groups in total. The van der Waals surface area contributed by atoms with E-state index in [9.17, 15) is 4.79 Å². The van der Waals surface area contributed by atoms with Crippen molar-refractivity contribution in [2.45, 2.75) is 27.0 Å². The number of carbonyl (C=O) groups is 1. The number of aliphatic hydroxyl groups is 1. The molecule has 0 saturated heterocycles. The number of benzene rings is 1. The van der Waals surface area contributed by atoms with Gasteiger partial charge in [-0.05, 0) is 37.1 Å². The van der Waals surface area contributed by atoms with Crippen LogP contribution in [0.5, 0.6) is 0 Å². The number of fused-ring (bicyclic) bond motifs is 1. The molecule has 7 nitrogen and oxygen atoms in total. The highest BCUT2D eigenvalue weighted by atomic mass is 16.3. The lowest BCUT2D eigenvalue weighted by molar-refractivity contribution is 0.0946. The number of rotatable bonds is 4. The summed E-state index contributed by atoms with van der Waals surface area (Å²) in [5.74, 6) is 0.594. The van der Waals surface area contributed by atoms with Gasteiger partial charge in [0, 0.05) is 10.9 Å². The Morgan fingerprint density at radius 2 is 2.18 bits per heavy atom. The van der Waals surface area contributed by atoms with Crippen molar-refractivity contribution in [3.8, 4) is 0 Å². The average Bonchev–Trinajstić information content (AvgIpc) is 3.15. The minimum Gasteiger partial charge on any atom is -0.388 e. The van der Waals surface area contributed by atoms with Crippen LogP contribution < -0.4 is 5.32 Å². The molecular formula is C15H17N5O2. The molecule has 3 rings (SSSR count). The van der Waals surface area contributed by atoms with Gasteiger partial charge >= 0.3 is 0 Å². The predicted octanol–water partition coefficient (Wildman–Crippen LogP) is 1.33. The molecule has 0 bridgehead atoms. The number of amides is 1. The Hall–Kier alpha value is -2.67. The Balaban J connectivity index is 1.76. The van der Waals surface area contributed by atoms with Crippen LogP contribution in [0, 0.1) is 13.8 Å². The van der Waals surface area contributed by atoms with Crippen molar-refractivity contribution in [2.24, 2.45) is 0 Å². The lowest BCUT2D eigenvalue weighted by atomic mass is 10.1. The van der Waals surface area contributed by atoms with Crippen molar-refractivity contribution in [1.82, 2.24) is 25.5 Å². The maximum absolute atomic E-state index is 12.2. The van der Waals surface area contributed by atoms with Crippen LogP contribution in [0.15, 0.2) is 18.2 Å². The van der Waals surface area contributed by atoms with Gasteiger partial charge in [0.1, 0.15) is 18.1 Å². The molecule has 2 aromatic heterocycles. The summed E-state index contributed by atoms with van der Waals surface area (Å²) < 4.78 is 0. The Kier molecular flexibility index (Phi) is 3.64. The number of carbonyl (C=O) groups excluding carboxylic acids is 1. The SMILES string of the molecule is Cc1ccc2[nH]c(C(=O)NCc3nc(CO)n[nH]3)cc2c1C. The van der Waals surface area contributed by atoms with Crippen LogP contribution in [0.1, 0.15) is 33.3 Å². The smallest absolute Gasteiger partial charge is 0.268 e. The average molecular weight is 299 g/mol. The standard InChI is InChI=1S/C15H17N5O2/c1-8-3-4-11-10(9(8)2)5-12(17-11)15(22)16-6-13-18-14(7-21)20-19-13/h3-5,17,21H,6-7H2,1-2H3,(H,16,22)(H,18,19,20). The van der Waals surface area contributed by atoms with Crippen LogP contribution in [0.2, 0.25) is 0 Å². The van der Waals surface area contributed by atoms with Crippen LogP contribution >= 0.6 is 0 Å². The molecular weight excluding hydrogens is 282 g/mol. The molecule has 3 aromatic rings. The van der Waals surface area contributed by atoms with E-state index in [-0.39, 0.29) is 19.1 Å². The summed E-state index contributed by atoms with van der Waals surface area (Å²) in [6.45, 7) is 4.08. The zero-order valence-electron chi connectivity index (χ0n) is 12.4.